The summed E-state index contributed by atoms with van der Waals surface area (Å²) in [4.78, 5) is 26.9. The molecule has 0 unspecified atom stereocenters. The number of carbonyl (C=O) groups is 2. The summed E-state index contributed by atoms with van der Waals surface area (Å²) in [7, 11) is 0. The van der Waals surface area contributed by atoms with Crippen LogP contribution in [0.5, 0.6) is 0 Å². The summed E-state index contributed by atoms with van der Waals surface area (Å²) >= 11 is 3.34. The summed E-state index contributed by atoms with van der Waals surface area (Å²) in [5, 5.41) is 9.74. The average Bonchev–Trinajstić information content (AvgIpc) is 3.07. The maximum Gasteiger partial charge on any atom is 0.241 e. The third kappa shape index (κ3) is 1.55. The van der Waals surface area contributed by atoms with Crippen LogP contribution in [0.4, 0.5) is 5.69 Å². The number of fused-ring (bicyclic) bond motifs is 5. The molecule has 2 bridgehead atoms. The van der Waals surface area contributed by atoms with Gasteiger partial charge in [0.25, 0.3) is 0 Å². The molecule has 4 rings (SSSR count). The molecule has 2 saturated heterocycles. The van der Waals surface area contributed by atoms with E-state index in [-0.39, 0.29) is 18.4 Å². The lowest BCUT2D eigenvalue weighted by Gasteiger charge is -2.26. The normalized spacial score (nSPS) is 39.0. The molecule has 3 heterocycles. The lowest BCUT2D eigenvalue weighted by Crippen LogP contribution is -2.43. The Morgan fingerprint density at radius 2 is 1.82 bits per heavy atom. The van der Waals surface area contributed by atoms with Gasteiger partial charge in [-0.3, -0.25) is 9.59 Å². The van der Waals surface area contributed by atoms with Crippen molar-refractivity contribution in [1.82, 2.24) is 0 Å². The van der Waals surface area contributed by atoms with E-state index in [1.54, 1.807) is 43.3 Å². The molecule has 3 aliphatic rings. The fourth-order valence-electron chi connectivity index (χ4n) is 3.89. The van der Waals surface area contributed by atoms with Crippen LogP contribution >= 0.6 is 15.9 Å². The second-order valence-electron chi connectivity index (χ2n) is 6.18. The number of hydrogen-bond donors (Lipinski definition) is 1. The minimum atomic E-state index is -1.07. The number of carbonyl (C=O) groups excluding carboxylic acids is 2. The predicted molar refractivity (Wildman–Crippen MR) is 82.1 cm³/mol. The molecule has 6 heteroatoms. The average molecular weight is 364 g/mol. The lowest BCUT2D eigenvalue weighted by molar-refractivity contribution is -0.131. The van der Waals surface area contributed by atoms with E-state index in [1.165, 1.54) is 4.90 Å². The molecule has 0 aromatic heterocycles. The molecule has 2 fully saturated rings. The highest BCUT2D eigenvalue weighted by Gasteiger charge is 2.72. The number of halogens is 1. The monoisotopic (exact) mass is 363 g/mol. The van der Waals surface area contributed by atoms with Gasteiger partial charge < -0.3 is 9.84 Å². The predicted octanol–water partition coefficient (Wildman–Crippen LogP) is 1.64. The van der Waals surface area contributed by atoms with Gasteiger partial charge in [0.1, 0.15) is 5.60 Å². The highest BCUT2D eigenvalue weighted by molar-refractivity contribution is 9.10. The van der Waals surface area contributed by atoms with Gasteiger partial charge in [-0.1, -0.05) is 28.1 Å². The first-order valence-corrected chi connectivity index (χ1v) is 7.86. The smallest absolute Gasteiger partial charge is 0.241 e. The molecule has 1 N–H and O–H groups in total. The summed E-state index contributed by atoms with van der Waals surface area (Å²) < 4.78 is 6.75. The molecule has 1 aromatic carbocycles. The molecule has 0 spiro atoms. The summed E-state index contributed by atoms with van der Waals surface area (Å²) in [6.45, 7) is 1.48. The number of hydrogen-bond acceptors (Lipinski definition) is 4. The van der Waals surface area contributed by atoms with Gasteiger partial charge in [-0.05, 0) is 31.2 Å². The molecule has 2 amide bonds. The zero-order chi connectivity index (χ0) is 15.7. The number of imide groups is 1. The van der Waals surface area contributed by atoms with Crippen molar-refractivity contribution in [3.8, 4) is 0 Å². The number of ether oxygens (including phenoxy) is 1. The van der Waals surface area contributed by atoms with E-state index in [0.717, 1.165) is 4.47 Å². The Balaban J connectivity index is 1.80. The molecule has 4 atom stereocenters. The number of aliphatic hydroxyl groups is 1. The number of anilines is 1. The van der Waals surface area contributed by atoms with Crippen molar-refractivity contribution in [2.24, 2.45) is 11.8 Å². The van der Waals surface area contributed by atoms with Gasteiger partial charge in [-0.25, -0.2) is 4.90 Å². The summed E-state index contributed by atoms with van der Waals surface area (Å²) in [6, 6.07) is 7.03. The Labute approximate surface area is 135 Å². The Hall–Kier alpha value is -1.50. The van der Waals surface area contributed by atoms with Crippen molar-refractivity contribution >= 4 is 33.4 Å². The molecule has 1 aromatic rings. The zero-order valence-corrected chi connectivity index (χ0v) is 13.4. The number of benzene rings is 1. The van der Waals surface area contributed by atoms with Crippen LogP contribution in [-0.2, 0) is 14.3 Å². The fourth-order valence-corrected chi connectivity index (χ4v) is 4.15. The minimum Gasteiger partial charge on any atom is -0.393 e. The van der Waals surface area contributed by atoms with Gasteiger partial charge in [0.05, 0.1) is 29.7 Å². The van der Waals surface area contributed by atoms with Crippen LogP contribution in [-0.4, -0.2) is 34.7 Å². The number of nitrogens with zero attached hydrogens (tertiary/aromatic N) is 1. The van der Waals surface area contributed by atoms with E-state index >= 15 is 0 Å². The summed E-state index contributed by atoms with van der Waals surface area (Å²) in [5.74, 6) is -1.82. The van der Waals surface area contributed by atoms with E-state index in [9.17, 15) is 14.7 Å². The second kappa shape index (κ2) is 4.28. The minimum absolute atomic E-state index is 0.264. The van der Waals surface area contributed by atoms with Crippen molar-refractivity contribution in [1.29, 1.82) is 0 Å². The fraction of sp³-hybridized carbons (Fsp3) is 0.375. The lowest BCUT2D eigenvalue weighted by atomic mass is 9.73. The molecule has 22 heavy (non-hydrogen) atoms. The van der Waals surface area contributed by atoms with Crippen molar-refractivity contribution in [2.75, 3.05) is 11.5 Å². The third-order valence-corrected chi connectivity index (χ3v) is 5.42. The molecule has 3 aliphatic heterocycles. The SMILES string of the molecule is C[C@@]12C=C[C@@](CO)(O1)[C@@H]1C(=O)N(c3ccc(Br)cc3)C(=O)[C@H]12. The van der Waals surface area contributed by atoms with Gasteiger partial charge in [-0.15, -0.1) is 0 Å². The molecular formula is C16H14BrNO4. The largest absolute Gasteiger partial charge is 0.393 e. The van der Waals surface area contributed by atoms with E-state index in [1.807, 2.05) is 0 Å². The van der Waals surface area contributed by atoms with Crippen LogP contribution in [0.3, 0.4) is 0 Å². The van der Waals surface area contributed by atoms with Crippen LogP contribution in [0.25, 0.3) is 0 Å². The summed E-state index contributed by atoms with van der Waals surface area (Å²) in [5.41, 5.74) is -1.36. The molecule has 0 saturated carbocycles. The Bertz CT molecular complexity index is 715. The highest BCUT2D eigenvalue weighted by atomic mass is 79.9. The van der Waals surface area contributed by atoms with Crippen LogP contribution in [0.15, 0.2) is 40.9 Å². The quantitative estimate of drug-likeness (QED) is 0.640. The van der Waals surface area contributed by atoms with Gasteiger partial charge in [-0.2, -0.15) is 0 Å². The first-order valence-electron chi connectivity index (χ1n) is 7.07. The zero-order valence-electron chi connectivity index (χ0n) is 11.8. The molecular weight excluding hydrogens is 350 g/mol. The highest BCUT2D eigenvalue weighted by Crippen LogP contribution is 2.57. The van der Waals surface area contributed by atoms with Crippen molar-refractivity contribution in [3.05, 3.63) is 40.9 Å². The van der Waals surface area contributed by atoms with Crippen molar-refractivity contribution in [2.45, 2.75) is 18.1 Å². The Morgan fingerprint density at radius 1 is 1.18 bits per heavy atom. The Morgan fingerprint density at radius 3 is 2.45 bits per heavy atom. The molecule has 0 radical (unpaired) electrons. The number of amides is 2. The second-order valence-corrected chi connectivity index (χ2v) is 7.09. The first kappa shape index (κ1) is 14.1. The van der Waals surface area contributed by atoms with E-state index < -0.39 is 23.0 Å². The molecule has 114 valence electrons. The van der Waals surface area contributed by atoms with E-state index in [2.05, 4.69) is 15.9 Å². The van der Waals surface area contributed by atoms with Crippen LogP contribution < -0.4 is 4.90 Å². The van der Waals surface area contributed by atoms with Crippen molar-refractivity contribution < 1.29 is 19.4 Å². The molecule has 0 aliphatic carbocycles. The third-order valence-electron chi connectivity index (χ3n) is 4.89. The number of aliphatic hydroxyl groups excluding tert-OH is 1. The number of rotatable bonds is 2. The van der Waals surface area contributed by atoms with Gasteiger partial charge >= 0.3 is 0 Å². The maximum atomic E-state index is 12.8. The van der Waals surface area contributed by atoms with Crippen molar-refractivity contribution in [3.63, 3.8) is 0 Å². The van der Waals surface area contributed by atoms with E-state index in [0.29, 0.717) is 5.69 Å². The summed E-state index contributed by atoms with van der Waals surface area (Å²) in [6.07, 6.45) is 3.52. The standard InChI is InChI=1S/C16H14BrNO4/c1-15-6-7-16(8-19,22-15)12-11(15)13(20)18(14(12)21)10-4-2-9(17)3-5-10/h2-7,11-12,19H,8H2,1H3/t11-,12-,15-,16-/m0/s1. The molecule has 5 nitrogen and oxygen atoms in total. The van der Waals surface area contributed by atoms with Gasteiger partial charge in [0, 0.05) is 4.47 Å². The van der Waals surface area contributed by atoms with Gasteiger partial charge in [0.2, 0.25) is 11.8 Å². The topological polar surface area (TPSA) is 66.8 Å². The van der Waals surface area contributed by atoms with Crippen LogP contribution in [0, 0.1) is 11.8 Å². The van der Waals surface area contributed by atoms with Crippen LogP contribution in [0.1, 0.15) is 6.92 Å². The van der Waals surface area contributed by atoms with Crippen LogP contribution in [0.2, 0.25) is 0 Å². The Kier molecular flexibility index (Phi) is 2.74. The van der Waals surface area contributed by atoms with E-state index in [4.69, 9.17) is 4.74 Å². The first-order chi connectivity index (χ1) is 10.4. The van der Waals surface area contributed by atoms with Gasteiger partial charge in [0.15, 0.2) is 0 Å². The maximum absolute atomic E-state index is 12.8.